The summed E-state index contributed by atoms with van der Waals surface area (Å²) in [5.74, 6) is 0.501. The molecule has 3 N–H and O–H groups in total. The fraction of sp³-hybridized carbons (Fsp3) is 0.125. The second kappa shape index (κ2) is 10.00. The zero-order valence-corrected chi connectivity index (χ0v) is 19.5. The van der Waals surface area contributed by atoms with Gasteiger partial charge >= 0.3 is 0 Å². The summed E-state index contributed by atoms with van der Waals surface area (Å²) in [5.41, 5.74) is 2.57. The number of carbonyl (C=O) groups is 1. The Morgan fingerprint density at radius 1 is 1.09 bits per heavy atom. The Hall–Kier alpha value is -4.80. The van der Waals surface area contributed by atoms with Gasteiger partial charge in [0.05, 0.1) is 17.6 Å². The highest BCUT2D eigenvalue weighted by Gasteiger charge is 2.14. The van der Waals surface area contributed by atoms with E-state index in [0.717, 1.165) is 17.5 Å². The quantitative estimate of drug-likeness (QED) is 0.328. The Morgan fingerprint density at radius 3 is 2.57 bits per heavy atom. The largest absolute Gasteiger partial charge is 0.363 e. The molecule has 0 aliphatic rings. The normalized spacial score (nSPS) is 10.5. The van der Waals surface area contributed by atoms with Crippen LogP contribution in [0.25, 0.3) is 11.1 Å². The standard InChI is InChI=1S/C24H24FN9O/c1-5-22(35)29-16-7-8-19(25)20(10-16)31-23-18(15-6-9-21(26-11-15)33(2)3)13-27-24(32-23)30-17-12-28-34(4)14-17/h5-14H,1H2,2-4H3,(H,29,35)(H2,27,30,31,32). The number of aryl methyl sites for hydroxylation is 1. The molecular weight excluding hydrogens is 449 g/mol. The van der Waals surface area contributed by atoms with E-state index in [4.69, 9.17) is 0 Å². The average molecular weight is 474 g/mol. The van der Waals surface area contributed by atoms with Gasteiger partial charge in [-0.05, 0) is 36.4 Å². The Balaban J connectivity index is 1.73. The third-order valence-corrected chi connectivity index (χ3v) is 4.94. The van der Waals surface area contributed by atoms with Crippen molar-refractivity contribution in [3.63, 3.8) is 0 Å². The first kappa shape index (κ1) is 23.4. The van der Waals surface area contributed by atoms with Crippen molar-refractivity contribution in [3.8, 4) is 11.1 Å². The van der Waals surface area contributed by atoms with E-state index in [-0.39, 0.29) is 5.69 Å². The molecule has 0 aliphatic heterocycles. The highest BCUT2D eigenvalue weighted by atomic mass is 19.1. The lowest BCUT2D eigenvalue weighted by Crippen LogP contribution is -2.10. The summed E-state index contributed by atoms with van der Waals surface area (Å²) in [6, 6.07) is 7.95. The maximum Gasteiger partial charge on any atom is 0.247 e. The summed E-state index contributed by atoms with van der Waals surface area (Å²) in [7, 11) is 5.60. The predicted octanol–water partition coefficient (Wildman–Crippen LogP) is 4.09. The van der Waals surface area contributed by atoms with Gasteiger partial charge in [-0.2, -0.15) is 10.1 Å². The van der Waals surface area contributed by atoms with Crippen LogP contribution in [0.2, 0.25) is 0 Å². The number of nitrogens with one attached hydrogen (secondary N) is 3. The van der Waals surface area contributed by atoms with Crippen molar-refractivity contribution in [2.24, 2.45) is 7.05 Å². The summed E-state index contributed by atoms with van der Waals surface area (Å²) in [6.07, 6.45) is 7.88. The summed E-state index contributed by atoms with van der Waals surface area (Å²) in [4.78, 5) is 27.0. The Morgan fingerprint density at radius 2 is 1.91 bits per heavy atom. The molecule has 0 fully saturated rings. The molecule has 1 aromatic carbocycles. The molecule has 0 unspecified atom stereocenters. The van der Waals surface area contributed by atoms with E-state index in [9.17, 15) is 9.18 Å². The molecule has 0 aliphatic carbocycles. The predicted molar refractivity (Wildman–Crippen MR) is 135 cm³/mol. The van der Waals surface area contributed by atoms with Crippen molar-refractivity contribution in [2.75, 3.05) is 34.9 Å². The van der Waals surface area contributed by atoms with Gasteiger partial charge in [-0.1, -0.05) is 6.58 Å². The van der Waals surface area contributed by atoms with E-state index in [1.54, 1.807) is 36.5 Å². The summed E-state index contributed by atoms with van der Waals surface area (Å²) >= 11 is 0. The maximum atomic E-state index is 14.7. The number of rotatable bonds is 8. The molecule has 0 bridgehead atoms. The van der Waals surface area contributed by atoms with E-state index in [1.807, 2.05) is 31.1 Å². The van der Waals surface area contributed by atoms with Gasteiger partial charge in [0.2, 0.25) is 11.9 Å². The number of aromatic nitrogens is 5. The Kier molecular flexibility index (Phi) is 6.67. The molecule has 0 spiro atoms. The molecule has 0 saturated heterocycles. The van der Waals surface area contributed by atoms with Crippen LogP contribution in [0, 0.1) is 5.82 Å². The van der Waals surface area contributed by atoms with Crippen LogP contribution in [0.5, 0.6) is 0 Å². The minimum Gasteiger partial charge on any atom is -0.363 e. The number of halogens is 1. The lowest BCUT2D eigenvalue weighted by atomic mass is 10.1. The van der Waals surface area contributed by atoms with Crippen LogP contribution in [0.3, 0.4) is 0 Å². The molecule has 11 heteroatoms. The van der Waals surface area contributed by atoms with E-state index >= 15 is 0 Å². The van der Waals surface area contributed by atoms with Crippen LogP contribution >= 0.6 is 0 Å². The topological polar surface area (TPSA) is 113 Å². The van der Waals surface area contributed by atoms with Crippen LogP contribution in [0.4, 0.5) is 39.0 Å². The highest BCUT2D eigenvalue weighted by Crippen LogP contribution is 2.32. The van der Waals surface area contributed by atoms with Gasteiger partial charge in [-0.25, -0.2) is 14.4 Å². The van der Waals surface area contributed by atoms with Crippen LogP contribution in [0.1, 0.15) is 0 Å². The first-order chi connectivity index (χ1) is 16.8. The lowest BCUT2D eigenvalue weighted by Gasteiger charge is -2.15. The number of anilines is 6. The second-order valence-corrected chi connectivity index (χ2v) is 7.80. The van der Waals surface area contributed by atoms with Crippen molar-refractivity contribution in [3.05, 3.63) is 73.6 Å². The SMILES string of the molecule is C=CC(=O)Nc1ccc(F)c(Nc2nc(Nc3cnn(C)c3)ncc2-c2ccc(N(C)C)nc2)c1. The van der Waals surface area contributed by atoms with Gasteiger partial charge < -0.3 is 20.9 Å². The molecule has 3 aromatic heterocycles. The first-order valence-electron chi connectivity index (χ1n) is 10.6. The number of nitrogens with zero attached hydrogens (tertiary/aromatic N) is 6. The van der Waals surface area contributed by atoms with Crippen molar-refractivity contribution >= 4 is 40.6 Å². The van der Waals surface area contributed by atoms with Gasteiger partial charge in [0.1, 0.15) is 17.5 Å². The van der Waals surface area contributed by atoms with E-state index in [0.29, 0.717) is 28.7 Å². The van der Waals surface area contributed by atoms with Crippen LogP contribution in [-0.4, -0.2) is 44.7 Å². The van der Waals surface area contributed by atoms with Gasteiger partial charge in [0.15, 0.2) is 0 Å². The molecule has 1 amide bonds. The molecule has 0 radical (unpaired) electrons. The third-order valence-electron chi connectivity index (χ3n) is 4.94. The van der Waals surface area contributed by atoms with Crippen molar-refractivity contribution in [1.29, 1.82) is 0 Å². The number of amides is 1. The molecule has 10 nitrogen and oxygen atoms in total. The van der Waals surface area contributed by atoms with Gasteiger partial charge in [0.25, 0.3) is 0 Å². The van der Waals surface area contributed by atoms with E-state index in [2.05, 4.69) is 42.6 Å². The maximum absolute atomic E-state index is 14.7. The Bertz CT molecular complexity index is 1370. The summed E-state index contributed by atoms with van der Waals surface area (Å²) in [6.45, 7) is 3.43. The molecule has 4 aromatic rings. The minimum atomic E-state index is -0.519. The number of hydrogen-bond donors (Lipinski definition) is 3. The van der Waals surface area contributed by atoms with Gasteiger partial charge in [-0.15, -0.1) is 0 Å². The third kappa shape index (κ3) is 5.58. The Labute approximate surface area is 201 Å². The number of pyridine rings is 1. The van der Waals surface area contributed by atoms with Gasteiger partial charge in [0, 0.05) is 56.5 Å². The first-order valence-corrected chi connectivity index (χ1v) is 10.6. The molecule has 178 valence electrons. The highest BCUT2D eigenvalue weighted by molar-refractivity contribution is 5.99. The van der Waals surface area contributed by atoms with Gasteiger partial charge in [-0.3, -0.25) is 9.48 Å². The minimum absolute atomic E-state index is 0.122. The molecule has 4 rings (SSSR count). The average Bonchev–Trinajstić information content (AvgIpc) is 3.25. The zero-order chi connectivity index (χ0) is 24.9. The van der Waals surface area contributed by atoms with E-state index < -0.39 is 11.7 Å². The monoisotopic (exact) mass is 473 g/mol. The second-order valence-electron chi connectivity index (χ2n) is 7.80. The van der Waals surface area contributed by atoms with E-state index in [1.165, 1.54) is 18.2 Å². The van der Waals surface area contributed by atoms with Crippen LogP contribution in [0.15, 0.2) is 67.8 Å². The van der Waals surface area contributed by atoms with Crippen molar-refractivity contribution in [1.82, 2.24) is 24.7 Å². The van der Waals surface area contributed by atoms with Crippen molar-refractivity contribution in [2.45, 2.75) is 0 Å². The molecule has 3 heterocycles. The molecule has 0 saturated carbocycles. The zero-order valence-electron chi connectivity index (χ0n) is 19.5. The molecule has 35 heavy (non-hydrogen) atoms. The number of benzene rings is 1. The summed E-state index contributed by atoms with van der Waals surface area (Å²) in [5, 5.41) is 12.9. The fourth-order valence-corrected chi connectivity index (χ4v) is 3.19. The number of carbonyl (C=O) groups excluding carboxylic acids is 1. The van der Waals surface area contributed by atoms with Crippen molar-refractivity contribution < 1.29 is 9.18 Å². The smallest absolute Gasteiger partial charge is 0.247 e. The molecular formula is C24H24FN9O. The summed E-state index contributed by atoms with van der Waals surface area (Å²) < 4.78 is 16.4. The van der Waals surface area contributed by atoms with Crippen LogP contribution in [-0.2, 0) is 11.8 Å². The lowest BCUT2D eigenvalue weighted by molar-refractivity contribution is -0.111. The fourth-order valence-electron chi connectivity index (χ4n) is 3.19. The molecule has 0 atom stereocenters. The van der Waals surface area contributed by atoms with Crippen LogP contribution < -0.4 is 20.9 Å². The number of hydrogen-bond acceptors (Lipinski definition) is 8.